The highest BCUT2D eigenvalue weighted by Crippen LogP contribution is 2.46. The Bertz CT molecular complexity index is 354. The molecular weight excluding hydrogens is 212 g/mol. The minimum atomic E-state index is -0.433. The number of hydrogen-bond acceptors (Lipinski definition) is 2. The van der Waals surface area contributed by atoms with Crippen molar-refractivity contribution in [3.63, 3.8) is 0 Å². The molecule has 2 nitrogen and oxygen atoms in total. The maximum atomic E-state index is 9.98. The quantitative estimate of drug-likeness (QED) is 0.517. The van der Waals surface area contributed by atoms with Crippen LogP contribution in [0.2, 0.25) is 0 Å². The summed E-state index contributed by atoms with van der Waals surface area (Å²) in [6, 6.07) is 0. The second-order valence-corrected chi connectivity index (χ2v) is 6.40. The number of ether oxygens (including phenoxy) is 1. The number of hydrogen-bond donors (Lipinski definition) is 1. The van der Waals surface area contributed by atoms with Crippen LogP contribution in [-0.4, -0.2) is 22.9 Å². The van der Waals surface area contributed by atoms with Crippen molar-refractivity contribution in [1.29, 1.82) is 0 Å². The average Bonchev–Trinajstić information content (AvgIpc) is 2.83. The predicted octanol–water partition coefficient (Wildman–Crippen LogP) is 3.22. The van der Waals surface area contributed by atoms with E-state index in [4.69, 9.17) is 4.74 Å². The van der Waals surface area contributed by atoms with Gasteiger partial charge in [0.15, 0.2) is 0 Å². The molecule has 0 bridgehead atoms. The van der Waals surface area contributed by atoms with Crippen LogP contribution < -0.4 is 0 Å². The van der Waals surface area contributed by atoms with Gasteiger partial charge in [-0.3, -0.25) is 0 Å². The zero-order valence-electron chi connectivity index (χ0n) is 11.4. The van der Waals surface area contributed by atoms with Gasteiger partial charge in [-0.2, -0.15) is 0 Å². The SMILES string of the molecule is C/C1=C\CCC2(C)OC2CC(C)(C)/C=C/C1O. The highest BCUT2D eigenvalue weighted by molar-refractivity contribution is 5.17. The third-order valence-electron chi connectivity index (χ3n) is 4.05. The lowest BCUT2D eigenvalue weighted by molar-refractivity contribution is 0.252. The predicted molar refractivity (Wildman–Crippen MR) is 69.8 cm³/mol. The lowest BCUT2D eigenvalue weighted by Gasteiger charge is -2.20. The largest absolute Gasteiger partial charge is 0.385 e. The van der Waals surface area contributed by atoms with Crippen molar-refractivity contribution in [2.75, 3.05) is 0 Å². The van der Waals surface area contributed by atoms with Crippen molar-refractivity contribution in [2.24, 2.45) is 5.41 Å². The minimum Gasteiger partial charge on any atom is -0.385 e. The summed E-state index contributed by atoms with van der Waals surface area (Å²) in [5.74, 6) is 0. The first-order valence-electron chi connectivity index (χ1n) is 6.54. The highest BCUT2D eigenvalue weighted by atomic mass is 16.6. The molecule has 3 unspecified atom stereocenters. The van der Waals surface area contributed by atoms with Crippen LogP contribution in [0.15, 0.2) is 23.8 Å². The van der Waals surface area contributed by atoms with Gasteiger partial charge in [0.05, 0.1) is 17.8 Å². The molecule has 1 saturated heterocycles. The Balaban J connectivity index is 2.18. The van der Waals surface area contributed by atoms with Crippen molar-refractivity contribution >= 4 is 0 Å². The summed E-state index contributed by atoms with van der Waals surface area (Å²) in [6.07, 6.45) is 9.20. The molecule has 17 heavy (non-hydrogen) atoms. The summed E-state index contributed by atoms with van der Waals surface area (Å²) in [6.45, 7) is 8.60. The van der Waals surface area contributed by atoms with Gasteiger partial charge in [0.1, 0.15) is 0 Å². The van der Waals surface area contributed by atoms with Crippen LogP contribution in [0.25, 0.3) is 0 Å². The summed E-state index contributed by atoms with van der Waals surface area (Å²) in [4.78, 5) is 0. The van der Waals surface area contributed by atoms with E-state index in [2.05, 4.69) is 32.9 Å². The van der Waals surface area contributed by atoms with Crippen LogP contribution in [-0.2, 0) is 4.74 Å². The fraction of sp³-hybridized carbons (Fsp3) is 0.733. The summed E-state index contributed by atoms with van der Waals surface area (Å²) in [7, 11) is 0. The van der Waals surface area contributed by atoms with Crippen molar-refractivity contribution in [3.8, 4) is 0 Å². The number of aliphatic hydroxyl groups excluding tert-OH is 1. The maximum Gasteiger partial charge on any atom is 0.0929 e. The van der Waals surface area contributed by atoms with E-state index >= 15 is 0 Å². The third-order valence-corrected chi connectivity index (χ3v) is 4.05. The number of rotatable bonds is 0. The number of allylic oxidation sites excluding steroid dienone is 2. The Labute approximate surface area is 104 Å². The molecule has 1 N–H and O–H groups in total. The zero-order valence-corrected chi connectivity index (χ0v) is 11.4. The van der Waals surface area contributed by atoms with E-state index in [-0.39, 0.29) is 11.0 Å². The molecule has 0 aromatic rings. The Morgan fingerprint density at radius 1 is 1.35 bits per heavy atom. The molecule has 0 aromatic heterocycles. The van der Waals surface area contributed by atoms with Crippen molar-refractivity contribution in [3.05, 3.63) is 23.8 Å². The molecule has 1 aliphatic carbocycles. The van der Waals surface area contributed by atoms with Gasteiger partial charge >= 0.3 is 0 Å². The fourth-order valence-corrected chi connectivity index (χ4v) is 2.52. The molecule has 2 heteroatoms. The van der Waals surface area contributed by atoms with Crippen LogP contribution in [0, 0.1) is 5.41 Å². The van der Waals surface area contributed by atoms with Gasteiger partial charge in [-0.1, -0.05) is 32.1 Å². The summed E-state index contributed by atoms with van der Waals surface area (Å²) in [5.41, 5.74) is 1.20. The van der Waals surface area contributed by atoms with E-state index < -0.39 is 6.10 Å². The average molecular weight is 236 g/mol. The maximum absolute atomic E-state index is 9.98. The minimum absolute atomic E-state index is 0.0666. The zero-order chi connectivity index (χ0) is 12.7. The fourth-order valence-electron chi connectivity index (χ4n) is 2.52. The standard InChI is InChI=1S/C15H24O2/c1-11-6-5-8-15(4)13(17-15)10-14(2,3)9-7-12(11)16/h6-7,9,12-13,16H,5,8,10H2,1-4H3/b9-7+,11-6+. The summed E-state index contributed by atoms with van der Waals surface area (Å²) in [5, 5.41) is 9.98. The van der Waals surface area contributed by atoms with E-state index in [1.165, 1.54) is 0 Å². The van der Waals surface area contributed by atoms with Crippen LogP contribution in [0.5, 0.6) is 0 Å². The van der Waals surface area contributed by atoms with Crippen LogP contribution >= 0.6 is 0 Å². The van der Waals surface area contributed by atoms with E-state index in [1.807, 2.05) is 13.0 Å². The number of epoxide rings is 1. The van der Waals surface area contributed by atoms with Gasteiger partial charge in [-0.05, 0) is 44.1 Å². The third kappa shape index (κ3) is 2.99. The van der Waals surface area contributed by atoms with E-state index in [0.29, 0.717) is 6.10 Å². The summed E-state index contributed by atoms with van der Waals surface area (Å²) >= 11 is 0. The normalized spacial score (nSPS) is 46.1. The van der Waals surface area contributed by atoms with E-state index in [1.54, 1.807) is 0 Å². The Hall–Kier alpha value is -0.600. The molecule has 0 radical (unpaired) electrons. The second kappa shape index (κ2) is 4.25. The van der Waals surface area contributed by atoms with Crippen LogP contribution in [0.3, 0.4) is 0 Å². The van der Waals surface area contributed by atoms with Gasteiger partial charge in [0.2, 0.25) is 0 Å². The van der Waals surface area contributed by atoms with Crippen molar-refractivity contribution in [2.45, 2.75) is 64.8 Å². The molecule has 2 rings (SSSR count). The van der Waals surface area contributed by atoms with Gasteiger partial charge in [-0.15, -0.1) is 0 Å². The van der Waals surface area contributed by atoms with Crippen molar-refractivity contribution < 1.29 is 9.84 Å². The van der Waals surface area contributed by atoms with Gasteiger partial charge < -0.3 is 9.84 Å². The van der Waals surface area contributed by atoms with E-state index in [0.717, 1.165) is 24.8 Å². The first-order chi connectivity index (χ1) is 7.82. The molecule has 0 spiro atoms. The topological polar surface area (TPSA) is 32.8 Å². The van der Waals surface area contributed by atoms with Gasteiger partial charge in [-0.25, -0.2) is 0 Å². The molecular formula is C15H24O2. The second-order valence-electron chi connectivity index (χ2n) is 6.40. The molecule has 3 atom stereocenters. The first-order valence-corrected chi connectivity index (χ1v) is 6.54. The van der Waals surface area contributed by atoms with E-state index in [9.17, 15) is 5.11 Å². The lowest BCUT2D eigenvalue weighted by Crippen LogP contribution is -2.17. The Kier molecular flexibility index (Phi) is 3.21. The first kappa shape index (κ1) is 12.8. The molecule has 1 fully saturated rings. The van der Waals surface area contributed by atoms with Crippen LogP contribution in [0.1, 0.15) is 47.0 Å². The molecule has 1 aliphatic heterocycles. The molecule has 0 amide bonds. The molecule has 0 saturated carbocycles. The molecule has 0 aromatic carbocycles. The van der Waals surface area contributed by atoms with Crippen LogP contribution in [0.4, 0.5) is 0 Å². The number of aliphatic hydroxyl groups is 1. The summed E-state index contributed by atoms with van der Waals surface area (Å²) < 4.78 is 5.85. The molecule has 2 aliphatic rings. The molecule has 96 valence electrons. The monoisotopic (exact) mass is 236 g/mol. The Morgan fingerprint density at radius 3 is 2.76 bits per heavy atom. The Morgan fingerprint density at radius 2 is 2.06 bits per heavy atom. The smallest absolute Gasteiger partial charge is 0.0929 e. The highest BCUT2D eigenvalue weighted by Gasteiger charge is 2.52. The molecule has 1 heterocycles. The lowest BCUT2D eigenvalue weighted by atomic mass is 9.84. The van der Waals surface area contributed by atoms with Crippen molar-refractivity contribution in [1.82, 2.24) is 0 Å². The van der Waals surface area contributed by atoms with Gasteiger partial charge in [0.25, 0.3) is 0 Å². The van der Waals surface area contributed by atoms with Gasteiger partial charge in [0, 0.05) is 0 Å². The number of fused-ring (bicyclic) bond motifs is 1.